The van der Waals surface area contributed by atoms with Gasteiger partial charge in [-0.15, -0.1) is 10.2 Å². The number of hydrogen-bond acceptors (Lipinski definition) is 7. The molecule has 0 fully saturated rings. The number of amides is 4. The summed E-state index contributed by atoms with van der Waals surface area (Å²) in [7, 11) is 1.25. The Morgan fingerprint density at radius 3 is 2.05 bits per heavy atom. The Kier molecular flexibility index (Phi) is 9.75. The fraction of sp³-hybridized carbons (Fsp3) is 0.520. The molecule has 2 aromatic rings. The third kappa shape index (κ3) is 8.29. The van der Waals surface area contributed by atoms with Crippen molar-refractivity contribution in [2.24, 2.45) is 22.1 Å². The lowest BCUT2D eigenvalue weighted by atomic mass is 10.0. The number of urea groups is 1. The number of aromatic nitrogens is 1. The summed E-state index contributed by atoms with van der Waals surface area (Å²) >= 11 is 0. The standard InChI is InChI=1S/C25H36N6O6/c1-13(2)17(27-24(35)37-25(5,6)7)21(32)31-30-20-16-12-10-9-11-15(16)19(28-20)29-23(34)26-18(14(3)4)22(33)36-8/h9-14,17-18,28H,1-8H3,(H,27,35)(H2,26,29,34)/t17-,18-/m0/s1. The fourth-order valence-corrected chi connectivity index (χ4v) is 3.36. The van der Waals surface area contributed by atoms with Gasteiger partial charge in [-0.3, -0.25) is 10.1 Å². The number of carbonyl (C=O) groups excluding carboxylic acids is 4. The van der Waals surface area contributed by atoms with Crippen LogP contribution in [0.1, 0.15) is 48.5 Å². The molecule has 4 N–H and O–H groups in total. The van der Waals surface area contributed by atoms with Crippen LogP contribution in [-0.2, 0) is 19.1 Å². The number of rotatable bonds is 8. The van der Waals surface area contributed by atoms with Crippen molar-refractivity contribution in [1.82, 2.24) is 15.6 Å². The van der Waals surface area contributed by atoms with E-state index in [0.29, 0.717) is 16.6 Å². The van der Waals surface area contributed by atoms with Gasteiger partial charge in [0.15, 0.2) is 5.82 Å². The van der Waals surface area contributed by atoms with E-state index in [0.717, 1.165) is 0 Å². The molecule has 1 aromatic carbocycles. The second kappa shape index (κ2) is 12.3. The van der Waals surface area contributed by atoms with Crippen molar-refractivity contribution < 1.29 is 28.7 Å². The second-order valence-corrected chi connectivity index (χ2v) is 10.1. The van der Waals surface area contributed by atoms with Crippen LogP contribution in [0.3, 0.4) is 0 Å². The van der Waals surface area contributed by atoms with Gasteiger partial charge in [-0.05, 0) is 32.6 Å². The van der Waals surface area contributed by atoms with Crippen molar-refractivity contribution in [3.63, 3.8) is 0 Å². The van der Waals surface area contributed by atoms with Crippen molar-refractivity contribution in [3.8, 4) is 0 Å². The fourth-order valence-electron chi connectivity index (χ4n) is 3.36. The summed E-state index contributed by atoms with van der Waals surface area (Å²) < 4.78 is 9.99. The van der Waals surface area contributed by atoms with Crippen molar-refractivity contribution in [2.75, 3.05) is 12.4 Å². The van der Waals surface area contributed by atoms with Crippen LogP contribution in [0.15, 0.2) is 34.5 Å². The summed E-state index contributed by atoms with van der Waals surface area (Å²) in [6, 6.07) is 4.63. The molecular weight excluding hydrogens is 480 g/mol. The molecule has 2 rings (SSSR count). The number of anilines is 1. The van der Waals surface area contributed by atoms with Crippen molar-refractivity contribution in [3.05, 3.63) is 24.3 Å². The lowest BCUT2D eigenvalue weighted by Gasteiger charge is -2.23. The molecule has 1 heterocycles. The predicted octanol–water partition coefficient (Wildman–Crippen LogP) is 4.65. The summed E-state index contributed by atoms with van der Waals surface area (Å²) in [5.74, 6) is -1.17. The van der Waals surface area contributed by atoms with Gasteiger partial charge in [0.05, 0.1) is 7.11 Å². The summed E-state index contributed by atoms with van der Waals surface area (Å²) in [5, 5.41) is 16.9. The minimum Gasteiger partial charge on any atom is -0.467 e. The minimum absolute atomic E-state index is 0.197. The van der Waals surface area contributed by atoms with E-state index in [1.807, 2.05) is 0 Å². The Morgan fingerprint density at radius 2 is 1.51 bits per heavy atom. The van der Waals surface area contributed by atoms with Gasteiger partial charge in [-0.25, -0.2) is 14.4 Å². The number of carbonyl (C=O) groups is 4. The van der Waals surface area contributed by atoms with E-state index in [9.17, 15) is 19.2 Å². The topological polar surface area (TPSA) is 163 Å². The van der Waals surface area contributed by atoms with Crippen molar-refractivity contribution in [1.29, 1.82) is 0 Å². The van der Waals surface area contributed by atoms with Crippen LogP contribution in [0.25, 0.3) is 10.8 Å². The number of methoxy groups -OCH3 is 1. The molecule has 202 valence electrons. The van der Waals surface area contributed by atoms with Crippen molar-refractivity contribution >= 4 is 46.4 Å². The highest BCUT2D eigenvalue weighted by Crippen LogP contribution is 2.32. The number of benzene rings is 1. The average molecular weight is 517 g/mol. The van der Waals surface area contributed by atoms with Crippen LogP contribution in [0.5, 0.6) is 0 Å². The molecule has 37 heavy (non-hydrogen) atoms. The smallest absolute Gasteiger partial charge is 0.408 e. The van der Waals surface area contributed by atoms with Gasteiger partial charge in [0.2, 0.25) is 0 Å². The van der Waals surface area contributed by atoms with Crippen LogP contribution >= 0.6 is 0 Å². The quantitative estimate of drug-likeness (QED) is 0.295. The third-order valence-corrected chi connectivity index (χ3v) is 5.20. The van der Waals surface area contributed by atoms with Crippen LogP contribution < -0.4 is 16.0 Å². The van der Waals surface area contributed by atoms with Gasteiger partial charge in [-0.2, -0.15) is 0 Å². The van der Waals surface area contributed by atoms with E-state index in [1.165, 1.54) is 7.11 Å². The molecule has 0 unspecified atom stereocenters. The summed E-state index contributed by atoms with van der Waals surface area (Å²) in [5.41, 5.74) is -0.721. The van der Waals surface area contributed by atoms with Crippen LogP contribution in [-0.4, -0.2) is 53.8 Å². The third-order valence-electron chi connectivity index (χ3n) is 5.20. The summed E-state index contributed by atoms with van der Waals surface area (Å²) in [6.45, 7) is 12.3. The Bertz CT molecular complexity index is 1160. The summed E-state index contributed by atoms with van der Waals surface area (Å²) in [6.07, 6.45) is -0.732. The zero-order chi connectivity index (χ0) is 27.9. The molecule has 12 nitrogen and oxygen atoms in total. The molecule has 0 aliphatic heterocycles. The van der Waals surface area contributed by atoms with Gasteiger partial charge in [0, 0.05) is 10.8 Å². The number of esters is 1. The maximum absolute atomic E-state index is 12.8. The number of hydrogen-bond donors (Lipinski definition) is 4. The molecule has 0 radical (unpaired) electrons. The number of ether oxygens (including phenoxy) is 2. The van der Waals surface area contributed by atoms with E-state index in [-0.39, 0.29) is 17.7 Å². The van der Waals surface area contributed by atoms with Gasteiger partial charge >= 0.3 is 18.1 Å². The molecule has 12 heteroatoms. The first-order valence-corrected chi connectivity index (χ1v) is 11.9. The number of fused-ring (bicyclic) bond motifs is 1. The molecule has 0 bridgehead atoms. The number of azo groups is 1. The molecule has 4 amide bonds. The molecule has 0 aliphatic carbocycles. The van der Waals surface area contributed by atoms with Gasteiger partial charge in [-0.1, -0.05) is 52.0 Å². The molecule has 2 atom stereocenters. The first kappa shape index (κ1) is 29.3. The van der Waals surface area contributed by atoms with Gasteiger partial charge in [0.25, 0.3) is 5.91 Å². The largest absolute Gasteiger partial charge is 0.467 e. The highest BCUT2D eigenvalue weighted by Gasteiger charge is 2.28. The SMILES string of the molecule is COC(=O)[C@@H](NC(=O)Nc1[nH]c(N=NC(=O)[C@@H](NC(=O)OC(C)(C)C)C(C)C)c2ccccc12)C(C)C. The number of nitrogens with zero attached hydrogens (tertiary/aromatic N) is 2. The van der Waals surface area contributed by atoms with Crippen LogP contribution in [0.4, 0.5) is 21.2 Å². The van der Waals surface area contributed by atoms with Gasteiger partial charge < -0.3 is 25.1 Å². The molecule has 0 saturated heterocycles. The van der Waals surface area contributed by atoms with Gasteiger partial charge in [0.1, 0.15) is 23.5 Å². The zero-order valence-electron chi connectivity index (χ0n) is 22.5. The number of nitrogens with one attached hydrogen (secondary N) is 4. The molecule has 0 aliphatic rings. The highest BCUT2D eigenvalue weighted by atomic mass is 16.6. The monoisotopic (exact) mass is 516 g/mol. The number of H-pyrrole nitrogens is 1. The predicted molar refractivity (Wildman–Crippen MR) is 139 cm³/mol. The van der Waals surface area contributed by atoms with Crippen LogP contribution in [0.2, 0.25) is 0 Å². The number of aromatic amines is 1. The maximum Gasteiger partial charge on any atom is 0.408 e. The first-order valence-electron chi connectivity index (χ1n) is 11.9. The normalized spacial score (nSPS) is 13.5. The van der Waals surface area contributed by atoms with Crippen LogP contribution in [0, 0.1) is 11.8 Å². The first-order chi connectivity index (χ1) is 17.2. The van der Waals surface area contributed by atoms with E-state index in [2.05, 4.69) is 31.2 Å². The zero-order valence-corrected chi connectivity index (χ0v) is 22.5. The molecule has 0 spiro atoms. The lowest BCUT2D eigenvalue weighted by Crippen LogP contribution is -2.46. The molecule has 1 aromatic heterocycles. The Balaban J connectivity index is 2.25. The Hall–Kier alpha value is -3.96. The van der Waals surface area contributed by atoms with E-state index in [4.69, 9.17) is 9.47 Å². The summed E-state index contributed by atoms with van der Waals surface area (Å²) in [4.78, 5) is 52.5. The average Bonchev–Trinajstić information content (AvgIpc) is 3.14. The Labute approximate surface area is 215 Å². The maximum atomic E-state index is 12.8. The Morgan fingerprint density at radius 1 is 0.919 bits per heavy atom. The van der Waals surface area contributed by atoms with E-state index >= 15 is 0 Å². The molecule has 0 saturated carbocycles. The highest BCUT2D eigenvalue weighted by molar-refractivity contribution is 6.05. The molecular formula is C25H36N6O6. The lowest BCUT2D eigenvalue weighted by molar-refractivity contribution is -0.143. The van der Waals surface area contributed by atoms with E-state index < -0.39 is 41.7 Å². The number of alkyl carbamates (subject to hydrolysis) is 1. The second-order valence-electron chi connectivity index (χ2n) is 10.1. The van der Waals surface area contributed by atoms with Crippen molar-refractivity contribution in [2.45, 2.75) is 66.2 Å². The van der Waals surface area contributed by atoms with E-state index in [1.54, 1.807) is 72.7 Å². The minimum atomic E-state index is -0.950.